The Balaban J connectivity index is 2.01. The lowest BCUT2D eigenvalue weighted by molar-refractivity contribution is 0.0947. The summed E-state index contributed by atoms with van der Waals surface area (Å²) in [5, 5.41) is 6.97. The largest absolute Gasteiger partial charge is 0.359 e. The Morgan fingerprint density at radius 3 is 2.89 bits per heavy atom. The van der Waals surface area contributed by atoms with Gasteiger partial charge in [0.25, 0.3) is 5.91 Å². The number of amides is 1. The Bertz CT molecular complexity index is 583. The molecule has 0 aliphatic heterocycles. The predicted molar refractivity (Wildman–Crippen MR) is 71.6 cm³/mol. The lowest BCUT2D eigenvalue weighted by Gasteiger charge is -2.04. The smallest absolute Gasteiger partial charge is 0.251 e. The van der Waals surface area contributed by atoms with Crippen molar-refractivity contribution in [3.63, 3.8) is 0 Å². The van der Waals surface area contributed by atoms with Gasteiger partial charge in [-0.1, -0.05) is 16.8 Å². The standard InChI is InChI=1S/C12H10BrClN2O2/c1-7-4-9(18-16-7)6-15-12(17)8-2-3-10(13)11(14)5-8/h2-5H,6H2,1H3,(H,15,17). The molecule has 2 rings (SSSR count). The first-order valence-corrected chi connectivity index (χ1v) is 6.39. The highest BCUT2D eigenvalue weighted by atomic mass is 79.9. The molecule has 1 aromatic heterocycles. The molecule has 0 spiro atoms. The second-order valence-corrected chi connectivity index (χ2v) is 5.01. The lowest BCUT2D eigenvalue weighted by Crippen LogP contribution is -2.22. The fraction of sp³-hybridized carbons (Fsp3) is 0.167. The number of carbonyl (C=O) groups is 1. The van der Waals surface area contributed by atoms with Gasteiger partial charge in [0.2, 0.25) is 0 Å². The molecule has 0 saturated carbocycles. The van der Waals surface area contributed by atoms with E-state index in [0.29, 0.717) is 22.9 Å². The Morgan fingerprint density at radius 2 is 2.28 bits per heavy atom. The molecule has 1 heterocycles. The zero-order valence-corrected chi connectivity index (χ0v) is 11.9. The van der Waals surface area contributed by atoms with Crippen LogP contribution >= 0.6 is 27.5 Å². The van der Waals surface area contributed by atoms with Crippen LogP contribution in [-0.2, 0) is 6.54 Å². The number of carbonyl (C=O) groups excluding carboxylic acids is 1. The highest BCUT2D eigenvalue weighted by molar-refractivity contribution is 9.10. The van der Waals surface area contributed by atoms with E-state index in [1.54, 1.807) is 24.3 Å². The number of rotatable bonds is 3. The summed E-state index contributed by atoms with van der Waals surface area (Å²) in [5.74, 6) is 0.405. The number of hydrogen-bond donors (Lipinski definition) is 1. The molecule has 0 bridgehead atoms. The van der Waals surface area contributed by atoms with Crippen molar-refractivity contribution in [1.82, 2.24) is 10.5 Å². The van der Waals surface area contributed by atoms with E-state index in [1.807, 2.05) is 6.92 Å². The maximum absolute atomic E-state index is 11.8. The van der Waals surface area contributed by atoms with Crippen LogP contribution in [0.4, 0.5) is 0 Å². The second-order valence-electron chi connectivity index (χ2n) is 3.75. The minimum atomic E-state index is -0.210. The molecule has 1 aromatic carbocycles. The van der Waals surface area contributed by atoms with Crippen LogP contribution in [0, 0.1) is 6.92 Å². The summed E-state index contributed by atoms with van der Waals surface area (Å²) in [4.78, 5) is 11.8. The molecule has 0 atom stereocenters. The van der Waals surface area contributed by atoms with Crippen molar-refractivity contribution in [3.05, 3.63) is 50.8 Å². The average molecular weight is 330 g/mol. The van der Waals surface area contributed by atoms with E-state index in [0.717, 1.165) is 10.2 Å². The van der Waals surface area contributed by atoms with Gasteiger partial charge in [-0.2, -0.15) is 0 Å². The SMILES string of the molecule is Cc1cc(CNC(=O)c2ccc(Br)c(Cl)c2)on1. The quantitative estimate of drug-likeness (QED) is 0.939. The van der Waals surface area contributed by atoms with Crippen LogP contribution in [-0.4, -0.2) is 11.1 Å². The molecule has 1 N–H and O–H groups in total. The molecule has 6 heteroatoms. The Hall–Kier alpha value is -1.33. The van der Waals surface area contributed by atoms with Crippen LogP contribution in [0.25, 0.3) is 0 Å². The summed E-state index contributed by atoms with van der Waals surface area (Å²) >= 11 is 9.19. The zero-order chi connectivity index (χ0) is 13.1. The molecule has 0 aliphatic rings. The molecule has 18 heavy (non-hydrogen) atoms. The Morgan fingerprint density at radius 1 is 1.50 bits per heavy atom. The number of aromatic nitrogens is 1. The molecule has 2 aromatic rings. The van der Waals surface area contributed by atoms with Crippen molar-refractivity contribution < 1.29 is 9.32 Å². The molecule has 0 radical (unpaired) electrons. The maximum atomic E-state index is 11.8. The molecular formula is C12H10BrClN2O2. The number of nitrogens with zero attached hydrogens (tertiary/aromatic N) is 1. The van der Waals surface area contributed by atoms with Gasteiger partial charge < -0.3 is 9.84 Å². The van der Waals surface area contributed by atoms with E-state index in [-0.39, 0.29) is 5.91 Å². The highest BCUT2D eigenvalue weighted by Gasteiger charge is 2.09. The molecule has 0 aliphatic carbocycles. The number of hydrogen-bond acceptors (Lipinski definition) is 3. The van der Waals surface area contributed by atoms with Gasteiger partial charge >= 0.3 is 0 Å². The molecule has 4 nitrogen and oxygen atoms in total. The predicted octanol–water partition coefficient (Wildman–Crippen LogP) is 3.33. The molecule has 94 valence electrons. The summed E-state index contributed by atoms with van der Waals surface area (Å²) < 4.78 is 5.75. The molecule has 0 unspecified atom stereocenters. The van der Waals surface area contributed by atoms with Crippen molar-refractivity contribution in [1.29, 1.82) is 0 Å². The van der Waals surface area contributed by atoms with Crippen LogP contribution in [0.5, 0.6) is 0 Å². The molecule has 1 amide bonds. The summed E-state index contributed by atoms with van der Waals surface area (Å²) in [7, 11) is 0. The third-order valence-electron chi connectivity index (χ3n) is 2.28. The first-order chi connectivity index (χ1) is 8.56. The van der Waals surface area contributed by atoms with Crippen LogP contribution in [0.1, 0.15) is 21.8 Å². The van der Waals surface area contributed by atoms with Crippen LogP contribution in [0.2, 0.25) is 5.02 Å². The Kier molecular flexibility index (Phi) is 4.04. The first kappa shape index (κ1) is 13.1. The van der Waals surface area contributed by atoms with Crippen molar-refractivity contribution >= 4 is 33.4 Å². The third kappa shape index (κ3) is 3.11. The fourth-order valence-electron chi connectivity index (χ4n) is 1.41. The molecule has 0 fully saturated rings. The zero-order valence-electron chi connectivity index (χ0n) is 9.54. The van der Waals surface area contributed by atoms with Crippen LogP contribution in [0.3, 0.4) is 0 Å². The van der Waals surface area contributed by atoms with Gasteiger partial charge in [-0.05, 0) is 41.1 Å². The van der Waals surface area contributed by atoms with E-state index >= 15 is 0 Å². The van der Waals surface area contributed by atoms with Gasteiger partial charge in [-0.25, -0.2) is 0 Å². The number of aryl methyl sites for hydroxylation is 1. The van der Waals surface area contributed by atoms with E-state index in [4.69, 9.17) is 16.1 Å². The topological polar surface area (TPSA) is 55.1 Å². The van der Waals surface area contributed by atoms with Crippen LogP contribution in [0.15, 0.2) is 33.3 Å². The maximum Gasteiger partial charge on any atom is 0.251 e. The van der Waals surface area contributed by atoms with Gasteiger partial charge in [-0.15, -0.1) is 0 Å². The molecule has 0 saturated heterocycles. The summed E-state index contributed by atoms with van der Waals surface area (Å²) in [6.07, 6.45) is 0. The van der Waals surface area contributed by atoms with E-state index < -0.39 is 0 Å². The van der Waals surface area contributed by atoms with Crippen molar-refractivity contribution in [2.45, 2.75) is 13.5 Å². The van der Waals surface area contributed by atoms with Crippen molar-refractivity contribution in [3.8, 4) is 0 Å². The van der Waals surface area contributed by atoms with Gasteiger partial charge in [0, 0.05) is 16.1 Å². The summed E-state index contributed by atoms with van der Waals surface area (Å²) in [6, 6.07) is 6.80. The second kappa shape index (κ2) is 5.54. The number of benzene rings is 1. The minimum absolute atomic E-state index is 0.210. The summed E-state index contributed by atoms with van der Waals surface area (Å²) in [5.41, 5.74) is 1.28. The van der Waals surface area contributed by atoms with Crippen LogP contribution < -0.4 is 5.32 Å². The van der Waals surface area contributed by atoms with Gasteiger partial charge in [0.15, 0.2) is 5.76 Å². The van der Waals surface area contributed by atoms with Crippen molar-refractivity contribution in [2.75, 3.05) is 0 Å². The average Bonchev–Trinajstić information content (AvgIpc) is 2.75. The van der Waals surface area contributed by atoms with Crippen molar-refractivity contribution in [2.24, 2.45) is 0 Å². The summed E-state index contributed by atoms with van der Waals surface area (Å²) in [6.45, 7) is 2.12. The lowest BCUT2D eigenvalue weighted by atomic mass is 10.2. The number of halogens is 2. The van der Waals surface area contributed by atoms with E-state index in [2.05, 4.69) is 26.4 Å². The van der Waals surface area contributed by atoms with E-state index in [9.17, 15) is 4.79 Å². The van der Waals surface area contributed by atoms with E-state index in [1.165, 1.54) is 0 Å². The minimum Gasteiger partial charge on any atom is -0.359 e. The first-order valence-electron chi connectivity index (χ1n) is 5.21. The highest BCUT2D eigenvalue weighted by Crippen LogP contribution is 2.23. The Labute approximate surface area is 117 Å². The normalized spacial score (nSPS) is 10.4. The monoisotopic (exact) mass is 328 g/mol. The fourth-order valence-corrected chi connectivity index (χ4v) is 1.83. The van der Waals surface area contributed by atoms with Gasteiger partial charge in [0.1, 0.15) is 0 Å². The van der Waals surface area contributed by atoms with Gasteiger partial charge in [-0.3, -0.25) is 4.79 Å². The third-order valence-corrected chi connectivity index (χ3v) is 3.51. The number of nitrogens with one attached hydrogen (secondary N) is 1. The van der Waals surface area contributed by atoms with Gasteiger partial charge in [0.05, 0.1) is 17.3 Å². The molecular weight excluding hydrogens is 320 g/mol.